The van der Waals surface area contributed by atoms with Gasteiger partial charge in [0.2, 0.25) is 0 Å². The van der Waals surface area contributed by atoms with Gasteiger partial charge in [-0.3, -0.25) is 0 Å². The van der Waals surface area contributed by atoms with Crippen molar-refractivity contribution in [2.75, 3.05) is 13.7 Å². The number of para-hydroxylation sites is 1. The summed E-state index contributed by atoms with van der Waals surface area (Å²) in [5.41, 5.74) is 7.45. The van der Waals surface area contributed by atoms with Crippen molar-refractivity contribution in [2.45, 2.75) is 6.42 Å². The third-order valence-corrected chi connectivity index (χ3v) is 2.41. The molecule has 0 aliphatic carbocycles. The Balaban J connectivity index is 2.45. The Bertz CT molecular complexity index is 466. The van der Waals surface area contributed by atoms with Crippen molar-refractivity contribution in [1.29, 1.82) is 0 Å². The maximum Gasteiger partial charge on any atom is 0.173 e. The minimum absolute atomic E-state index is 0.573. The molecule has 0 radical (unpaired) electrons. The van der Waals surface area contributed by atoms with Gasteiger partial charge in [0.05, 0.1) is 18.9 Å². The van der Waals surface area contributed by atoms with Gasteiger partial charge in [-0.25, -0.2) is 0 Å². The van der Waals surface area contributed by atoms with Crippen molar-refractivity contribution in [2.24, 2.45) is 5.73 Å². The summed E-state index contributed by atoms with van der Waals surface area (Å²) in [6.07, 6.45) is 2.45. The number of aromatic nitrogens is 1. The molecule has 0 saturated carbocycles. The van der Waals surface area contributed by atoms with Gasteiger partial charge in [0, 0.05) is 5.56 Å². The van der Waals surface area contributed by atoms with Gasteiger partial charge >= 0.3 is 0 Å². The lowest BCUT2D eigenvalue weighted by Gasteiger charge is -2.06. The van der Waals surface area contributed by atoms with Gasteiger partial charge in [0.1, 0.15) is 5.75 Å². The minimum Gasteiger partial charge on any atom is -0.496 e. The maximum absolute atomic E-state index is 5.54. The summed E-state index contributed by atoms with van der Waals surface area (Å²) < 4.78 is 10.5. The molecule has 2 rings (SSSR count). The van der Waals surface area contributed by atoms with E-state index in [1.165, 1.54) is 0 Å². The Kier molecular flexibility index (Phi) is 3.22. The van der Waals surface area contributed by atoms with Crippen LogP contribution in [0, 0.1) is 0 Å². The topological polar surface area (TPSA) is 61.3 Å². The Morgan fingerprint density at radius 1 is 1.38 bits per heavy atom. The van der Waals surface area contributed by atoms with Crippen molar-refractivity contribution >= 4 is 0 Å². The number of hydrogen-bond acceptors (Lipinski definition) is 4. The molecule has 1 heterocycles. The highest BCUT2D eigenvalue weighted by molar-refractivity contribution is 5.68. The lowest BCUT2D eigenvalue weighted by atomic mass is 10.1. The number of methoxy groups -OCH3 is 1. The van der Waals surface area contributed by atoms with Crippen LogP contribution in [-0.2, 0) is 6.42 Å². The van der Waals surface area contributed by atoms with Crippen LogP contribution in [0.4, 0.5) is 0 Å². The van der Waals surface area contributed by atoms with Crippen LogP contribution < -0.4 is 10.5 Å². The van der Waals surface area contributed by atoms with E-state index >= 15 is 0 Å². The number of ether oxygens (including phenoxy) is 1. The molecule has 0 atom stereocenters. The average molecular weight is 218 g/mol. The molecule has 2 aromatic rings. The number of hydrogen-bond donors (Lipinski definition) is 1. The van der Waals surface area contributed by atoms with E-state index in [0.29, 0.717) is 6.54 Å². The average Bonchev–Trinajstić information content (AvgIpc) is 2.77. The fourth-order valence-electron chi connectivity index (χ4n) is 1.65. The molecule has 1 aromatic heterocycles. The SMILES string of the molecule is COc1ccccc1-c1oncc1CCN. The zero-order valence-electron chi connectivity index (χ0n) is 9.14. The second-order valence-corrected chi connectivity index (χ2v) is 3.42. The predicted molar refractivity (Wildman–Crippen MR) is 61.2 cm³/mol. The summed E-state index contributed by atoms with van der Waals surface area (Å²) in [6, 6.07) is 7.69. The first-order chi connectivity index (χ1) is 7.86. The summed E-state index contributed by atoms with van der Waals surface area (Å²) >= 11 is 0. The molecule has 0 unspecified atom stereocenters. The van der Waals surface area contributed by atoms with Crippen LogP contribution in [0.15, 0.2) is 35.0 Å². The van der Waals surface area contributed by atoms with E-state index in [2.05, 4.69) is 5.16 Å². The molecule has 2 N–H and O–H groups in total. The highest BCUT2D eigenvalue weighted by atomic mass is 16.5. The van der Waals surface area contributed by atoms with E-state index in [1.54, 1.807) is 13.3 Å². The van der Waals surface area contributed by atoms with Gasteiger partial charge in [-0.2, -0.15) is 0 Å². The van der Waals surface area contributed by atoms with Crippen molar-refractivity contribution in [1.82, 2.24) is 5.16 Å². The first-order valence-corrected chi connectivity index (χ1v) is 5.14. The molecule has 0 bridgehead atoms. The fourth-order valence-corrected chi connectivity index (χ4v) is 1.65. The molecular weight excluding hydrogens is 204 g/mol. The third kappa shape index (κ3) is 1.92. The molecule has 0 spiro atoms. The Labute approximate surface area is 94.0 Å². The van der Waals surface area contributed by atoms with Crippen LogP contribution >= 0.6 is 0 Å². The summed E-state index contributed by atoms with van der Waals surface area (Å²) in [5.74, 6) is 1.51. The van der Waals surface area contributed by atoms with Gasteiger partial charge in [-0.15, -0.1) is 0 Å². The zero-order valence-corrected chi connectivity index (χ0v) is 9.14. The van der Waals surface area contributed by atoms with Crippen LogP contribution in [0.5, 0.6) is 5.75 Å². The first-order valence-electron chi connectivity index (χ1n) is 5.14. The monoisotopic (exact) mass is 218 g/mol. The highest BCUT2D eigenvalue weighted by Crippen LogP contribution is 2.31. The lowest BCUT2D eigenvalue weighted by molar-refractivity contribution is 0.406. The van der Waals surface area contributed by atoms with Crippen molar-refractivity contribution < 1.29 is 9.26 Å². The van der Waals surface area contributed by atoms with E-state index in [-0.39, 0.29) is 0 Å². The molecule has 0 amide bonds. The smallest absolute Gasteiger partial charge is 0.173 e. The summed E-state index contributed by atoms with van der Waals surface area (Å²) in [4.78, 5) is 0. The van der Waals surface area contributed by atoms with Gasteiger partial charge in [-0.05, 0) is 25.1 Å². The molecule has 16 heavy (non-hydrogen) atoms. The lowest BCUT2D eigenvalue weighted by Crippen LogP contribution is -2.02. The molecule has 0 saturated heterocycles. The maximum atomic E-state index is 5.54. The van der Waals surface area contributed by atoms with Crippen LogP contribution in [0.25, 0.3) is 11.3 Å². The summed E-state index contributed by atoms with van der Waals surface area (Å²) in [5, 5.41) is 3.81. The van der Waals surface area contributed by atoms with Crippen molar-refractivity contribution in [3.05, 3.63) is 36.0 Å². The molecular formula is C12H14N2O2. The third-order valence-electron chi connectivity index (χ3n) is 2.41. The second kappa shape index (κ2) is 4.81. The highest BCUT2D eigenvalue weighted by Gasteiger charge is 2.13. The van der Waals surface area contributed by atoms with E-state index in [4.69, 9.17) is 15.0 Å². The molecule has 1 aromatic carbocycles. The number of rotatable bonds is 4. The van der Waals surface area contributed by atoms with Gasteiger partial charge in [-0.1, -0.05) is 17.3 Å². The molecule has 0 aliphatic heterocycles. The van der Waals surface area contributed by atoms with E-state index in [9.17, 15) is 0 Å². The molecule has 4 heteroatoms. The Morgan fingerprint density at radius 3 is 2.94 bits per heavy atom. The first kappa shape index (κ1) is 10.7. The Hall–Kier alpha value is -1.81. The van der Waals surface area contributed by atoms with Gasteiger partial charge in [0.25, 0.3) is 0 Å². The van der Waals surface area contributed by atoms with E-state index in [1.807, 2.05) is 24.3 Å². The number of nitrogens with zero attached hydrogens (tertiary/aromatic N) is 1. The molecule has 0 fully saturated rings. The molecule has 4 nitrogen and oxygen atoms in total. The minimum atomic E-state index is 0.573. The fraction of sp³-hybridized carbons (Fsp3) is 0.250. The van der Waals surface area contributed by atoms with Gasteiger partial charge in [0.15, 0.2) is 5.76 Å². The van der Waals surface area contributed by atoms with Gasteiger partial charge < -0.3 is 15.0 Å². The number of nitrogens with two attached hydrogens (primary N) is 1. The Morgan fingerprint density at radius 2 is 2.19 bits per heavy atom. The van der Waals surface area contributed by atoms with Crippen LogP contribution in [0.3, 0.4) is 0 Å². The molecule has 84 valence electrons. The number of benzene rings is 1. The second-order valence-electron chi connectivity index (χ2n) is 3.42. The largest absolute Gasteiger partial charge is 0.496 e. The van der Waals surface area contributed by atoms with E-state index in [0.717, 1.165) is 29.1 Å². The van der Waals surface area contributed by atoms with Crippen molar-refractivity contribution in [3.63, 3.8) is 0 Å². The van der Waals surface area contributed by atoms with E-state index < -0.39 is 0 Å². The van der Waals surface area contributed by atoms with Crippen LogP contribution in [0.2, 0.25) is 0 Å². The molecule has 0 aliphatic rings. The predicted octanol–water partition coefficient (Wildman–Crippen LogP) is 1.85. The zero-order chi connectivity index (χ0) is 11.4. The quantitative estimate of drug-likeness (QED) is 0.850. The summed E-state index contributed by atoms with van der Waals surface area (Å²) in [6.45, 7) is 0.573. The normalized spacial score (nSPS) is 10.4. The van der Waals surface area contributed by atoms with Crippen molar-refractivity contribution in [3.8, 4) is 17.1 Å². The standard InChI is InChI=1S/C12H14N2O2/c1-15-11-5-3-2-4-10(11)12-9(6-7-13)8-14-16-12/h2-5,8H,6-7,13H2,1H3. The van der Waals surface area contributed by atoms with Crippen LogP contribution in [-0.4, -0.2) is 18.8 Å². The van der Waals surface area contributed by atoms with Crippen LogP contribution in [0.1, 0.15) is 5.56 Å². The summed E-state index contributed by atoms with van der Waals surface area (Å²) in [7, 11) is 1.64.